The third kappa shape index (κ3) is 3.85. The zero-order chi connectivity index (χ0) is 15.2. The van der Waals surface area contributed by atoms with Gasteiger partial charge in [-0.05, 0) is 35.4 Å². The smallest absolute Gasteiger partial charge is 0.221 e. The van der Waals surface area contributed by atoms with Crippen LogP contribution >= 0.6 is 11.8 Å². The van der Waals surface area contributed by atoms with E-state index in [-0.39, 0.29) is 5.91 Å². The standard InChI is InChI=1S/C15H19N5OS/c21-14(16-12-6-4-5-7-12)10-11-22-15-17-18-19-20(15)13-8-2-1-3-9-13/h1-3,8-9,12H,4-7,10-11H2,(H,16,21). The number of rotatable bonds is 6. The quantitative estimate of drug-likeness (QED) is 0.827. The van der Waals surface area contributed by atoms with Gasteiger partial charge in [0.2, 0.25) is 11.1 Å². The number of tetrazole rings is 1. The van der Waals surface area contributed by atoms with Gasteiger partial charge < -0.3 is 5.32 Å². The average molecular weight is 317 g/mol. The maximum absolute atomic E-state index is 11.9. The molecule has 0 aliphatic heterocycles. The molecule has 6 nitrogen and oxygen atoms in total. The van der Waals surface area contributed by atoms with E-state index in [4.69, 9.17) is 0 Å². The highest BCUT2D eigenvalue weighted by molar-refractivity contribution is 7.99. The summed E-state index contributed by atoms with van der Waals surface area (Å²) in [4.78, 5) is 11.9. The van der Waals surface area contributed by atoms with Gasteiger partial charge in [0, 0.05) is 18.2 Å². The Morgan fingerprint density at radius 3 is 2.82 bits per heavy atom. The van der Waals surface area contributed by atoms with E-state index in [1.165, 1.54) is 24.6 Å². The summed E-state index contributed by atoms with van der Waals surface area (Å²) in [6.45, 7) is 0. The topological polar surface area (TPSA) is 72.7 Å². The Morgan fingerprint density at radius 2 is 2.05 bits per heavy atom. The molecule has 1 N–H and O–H groups in total. The second kappa shape index (κ2) is 7.40. The van der Waals surface area contributed by atoms with Crippen molar-refractivity contribution in [3.63, 3.8) is 0 Å². The molecule has 7 heteroatoms. The first-order valence-electron chi connectivity index (χ1n) is 7.59. The van der Waals surface area contributed by atoms with E-state index < -0.39 is 0 Å². The highest BCUT2D eigenvalue weighted by atomic mass is 32.2. The van der Waals surface area contributed by atoms with Crippen LogP contribution < -0.4 is 5.32 Å². The van der Waals surface area contributed by atoms with E-state index >= 15 is 0 Å². The Labute approximate surface area is 133 Å². The summed E-state index contributed by atoms with van der Waals surface area (Å²) in [7, 11) is 0. The van der Waals surface area contributed by atoms with E-state index in [1.807, 2.05) is 30.3 Å². The van der Waals surface area contributed by atoms with Gasteiger partial charge in [-0.15, -0.1) is 5.10 Å². The van der Waals surface area contributed by atoms with Crippen molar-refractivity contribution in [1.29, 1.82) is 0 Å². The monoisotopic (exact) mass is 317 g/mol. The van der Waals surface area contributed by atoms with E-state index in [0.29, 0.717) is 23.4 Å². The molecule has 0 saturated heterocycles. The predicted octanol–water partition coefficient (Wildman–Crippen LogP) is 2.20. The SMILES string of the molecule is O=C(CCSc1nnnn1-c1ccccc1)NC1CCCC1. The highest BCUT2D eigenvalue weighted by Crippen LogP contribution is 2.20. The zero-order valence-corrected chi connectivity index (χ0v) is 13.1. The predicted molar refractivity (Wildman–Crippen MR) is 84.9 cm³/mol. The normalized spacial score (nSPS) is 15.1. The lowest BCUT2D eigenvalue weighted by Gasteiger charge is -2.11. The molecule has 1 aromatic carbocycles. The van der Waals surface area contributed by atoms with Gasteiger partial charge in [-0.25, -0.2) is 0 Å². The molecular formula is C15H19N5OS. The van der Waals surface area contributed by atoms with Gasteiger partial charge in [-0.3, -0.25) is 4.79 Å². The Bertz CT molecular complexity index is 609. The van der Waals surface area contributed by atoms with Crippen LogP contribution in [-0.2, 0) is 4.79 Å². The number of para-hydroxylation sites is 1. The summed E-state index contributed by atoms with van der Waals surface area (Å²) in [6.07, 6.45) is 5.18. The van der Waals surface area contributed by atoms with Crippen molar-refractivity contribution in [2.45, 2.75) is 43.3 Å². The molecule has 116 valence electrons. The fourth-order valence-corrected chi connectivity index (χ4v) is 3.43. The molecule has 0 atom stereocenters. The van der Waals surface area contributed by atoms with Crippen molar-refractivity contribution in [3.8, 4) is 5.69 Å². The van der Waals surface area contributed by atoms with Gasteiger partial charge in [-0.1, -0.05) is 42.8 Å². The molecule has 1 heterocycles. The Hall–Kier alpha value is -1.89. The molecular weight excluding hydrogens is 298 g/mol. The summed E-state index contributed by atoms with van der Waals surface area (Å²) >= 11 is 1.50. The maximum atomic E-state index is 11.9. The van der Waals surface area contributed by atoms with Gasteiger partial charge in [0.25, 0.3) is 0 Å². The Morgan fingerprint density at radius 1 is 1.27 bits per heavy atom. The van der Waals surface area contributed by atoms with Crippen LogP contribution in [0.15, 0.2) is 35.5 Å². The van der Waals surface area contributed by atoms with Gasteiger partial charge in [0.1, 0.15) is 0 Å². The Kier molecular flexibility index (Phi) is 5.05. The van der Waals surface area contributed by atoms with Crippen LogP contribution in [0.25, 0.3) is 5.69 Å². The lowest BCUT2D eigenvalue weighted by atomic mass is 10.2. The van der Waals surface area contributed by atoms with Gasteiger partial charge >= 0.3 is 0 Å². The van der Waals surface area contributed by atoms with Crippen LogP contribution in [-0.4, -0.2) is 37.9 Å². The second-order valence-electron chi connectivity index (χ2n) is 5.36. The van der Waals surface area contributed by atoms with Crippen LogP contribution in [0.1, 0.15) is 32.1 Å². The van der Waals surface area contributed by atoms with Crippen LogP contribution in [0, 0.1) is 0 Å². The van der Waals surface area contributed by atoms with Crippen molar-refractivity contribution in [2.24, 2.45) is 0 Å². The number of benzene rings is 1. The van der Waals surface area contributed by atoms with E-state index in [0.717, 1.165) is 18.5 Å². The number of hydrogen-bond donors (Lipinski definition) is 1. The summed E-state index contributed by atoms with van der Waals surface area (Å²) < 4.78 is 1.69. The van der Waals surface area contributed by atoms with Gasteiger partial charge in [0.15, 0.2) is 0 Å². The molecule has 1 saturated carbocycles. The van der Waals surface area contributed by atoms with E-state index in [1.54, 1.807) is 4.68 Å². The molecule has 1 aromatic heterocycles. The van der Waals surface area contributed by atoms with Crippen LogP contribution in [0.4, 0.5) is 0 Å². The fourth-order valence-electron chi connectivity index (χ4n) is 2.61. The number of carbonyl (C=O) groups excluding carboxylic acids is 1. The number of nitrogens with zero attached hydrogens (tertiary/aromatic N) is 4. The number of hydrogen-bond acceptors (Lipinski definition) is 5. The molecule has 0 bridgehead atoms. The fraction of sp³-hybridized carbons (Fsp3) is 0.467. The van der Waals surface area contributed by atoms with Crippen molar-refractivity contribution < 1.29 is 4.79 Å². The summed E-state index contributed by atoms with van der Waals surface area (Å²) in [5.41, 5.74) is 0.922. The third-order valence-corrected chi connectivity index (χ3v) is 4.64. The number of aromatic nitrogens is 4. The first-order chi connectivity index (χ1) is 10.8. The molecule has 0 spiro atoms. The lowest BCUT2D eigenvalue weighted by molar-refractivity contribution is -0.121. The van der Waals surface area contributed by atoms with Crippen molar-refractivity contribution >= 4 is 17.7 Å². The van der Waals surface area contributed by atoms with Crippen molar-refractivity contribution in [3.05, 3.63) is 30.3 Å². The van der Waals surface area contributed by atoms with Crippen molar-refractivity contribution in [1.82, 2.24) is 25.5 Å². The lowest BCUT2D eigenvalue weighted by Crippen LogP contribution is -2.32. The minimum Gasteiger partial charge on any atom is -0.353 e. The zero-order valence-electron chi connectivity index (χ0n) is 12.3. The molecule has 1 aliphatic rings. The molecule has 0 radical (unpaired) electrons. The molecule has 2 aromatic rings. The first-order valence-corrected chi connectivity index (χ1v) is 8.57. The van der Waals surface area contributed by atoms with E-state index in [2.05, 4.69) is 20.8 Å². The molecule has 1 aliphatic carbocycles. The molecule has 1 fully saturated rings. The minimum atomic E-state index is 0.123. The van der Waals surface area contributed by atoms with Crippen LogP contribution in [0.3, 0.4) is 0 Å². The number of nitrogens with one attached hydrogen (secondary N) is 1. The minimum absolute atomic E-state index is 0.123. The van der Waals surface area contributed by atoms with Gasteiger partial charge in [0.05, 0.1) is 5.69 Å². The van der Waals surface area contributed by atoms with Crippen LogP contribution in [0.2, 0.25) is 0 Å². The average Bonchev–Trinajstić information content (AvgIpc) is 3.20. The van der Waals surface area contributed by atoms with Crippen LogP contribution in [0.5, 0.6) is 0 Å². The molecule has 22 heavy (non-hydrogen) atoms. The molecule has 3 rings (SSSR count). The number of amides is 1. The van der Waals surface area contributed by atoms with Gasteiger partial charge in [-0.2, -0.15) is 4.68 Å². The summed E-state index contributed by atoms with van der Waals surface area (Å²) in [5, 5.41) is 15.6. The molecule has 0 unspecified atom stereocenters. The van der Waals surface area contributed by atoms with E-state index in [9.17, 15) is 4.79 Å². The molecule has 1 amide bonds. The summed E-state index contributed by atoms with van der Waals surface area (Å²) in [5.74, 6) is 0.796. The number of thioether (sulfide) groups is 1. The Balaban J connectivity index is 1.50. The summed E-state index contributed by atoms with van der Waals surface area (Å²) in [6, 6.07) is 10.1. The third-order valence-electron chi connectivity index (χ3n) is 3.72. The first kappa shape index (κ1) is 15.0. The number of carbonyl (C=O) groups is 1. The van der Waals surface area contributed by atoms with Crippen molar-refractivity contribution in [2.75, 3.05) is 5.75 Å². The largest absolute Gasteiger partial charge is 0.353 e. The maximum Gasteiger partial charge on any atom is 0.221 e. The second-order valence-corrected chi connectivity index (χ2v) is 6.42. The highest BCUT2D eigenvalue weighted by Gasteiger charge is 2.17.